The van der Waals surface area contributed by atoms with E-state index in [-0.39, 0.29) is 6.10 Å². The third kappa shape index (κ3) is 0.686. The molecule has 3 aliphatic rings. The number of aliphatic hydroxyl groups excluding tert-OH is 1. The molecule has 0 aromatic carbocycles. The molecule has 2 nitrogen and oxygen atoms in total. The van der Waals surface area contributed by atoms with Crippen molar-refractivity contribution in [3.05, 3.63) is 0 Å². The molecule has 0 bridgehead atoms. The highest BCUT2D eigenvalue weighted by Crippen LogP contribution is 2.70. The van der Waals surface area contributed by atoms with E-state index < -0.39 is 0 Å². The molecule has 0 aromatic rings. The van der Waals surface area contributed by atoms with Crippen molar-refractivity contribution in [2.75, 3.05) is 0 Å². The van der Waals surface area contributed by atoms with Crippen LogP contribution in [0.5, 0.6) is 0 Å². The summed E-state index contributed by atoms with van der Waals surface area (Å²) in [6, 6.07) is 0.451. The lowest BCUT2D eigenvalue weighted by Crippen LogP contribution is -2.35. The highest BCUT2D eigenvalue weighted by Gasteiger charge is 2.66. The second-order valence-electron chi connectivity index (χ2n) is 5.00. The highest BCUT2D eigenvalue weighted by atomic mass is 16.3. The van der Waals surface area contributed by atoms with Crippen LogP contribution in [0.2, 0.25) is 0 Å². The zero-order chi connectivity index (χ0) is 8.34. The van der Waals surface area contributed by atoms with Gasteiger partial charge in [-0.05, 0) is 49.4 Å². The Bertz CT molecular complexity index is 218. The largest absolute Gasteiger partial charge is 0.393 e. The van der Waals surface area contributed by atoms with Crippen molar-refractivity contribution in [1.82, 2.24) is 0 Å². The molecule has 5 atom stereocenters. The monoisotopic (exact) mass is 167 g/mol. The second-order valence-corrected chi connectivity index (χ2v) is 5.00. The zero-order valence-corrected chi connectivity index (χ0v) is 7.37. The SMILES string of the molecule is NC1CC[C@H]2C(O)CCC23C[C@H]13. The molecule has 3 N–H and O–H groups in total. The van der Waals surface area contributed by atoms with Gasteiger partial charge in [0.25, 0.3) is 0 Å². The lowest BCUT2D eigenvalue weighted by molar-refractivity contribution is 0.0850. The number of hydrogen-bond donors (Lipinski definition) is 2. The summed E-state index contributed by atoms with van der Waals surface area (Å²) in [5.41, 5.74) is 6.56. The van der Waals surface area contributed by atoms with Crippen LogP contribution in [-0.2, 0) is 0 Å². The lowest BCUT2D eigenvalue weighted by atomic mass is 9.78. The summed E-state index contributed by atoms with van der Waals surface area (Å²) in [7, 11) is 0. The van der Waals surface area contributed by atoms with E-state index in [9.17, 15) is 5.11 Å². The third-order valence-electron chi connectivity index (χ3n) is 4.61. The molecule has 0 heterocycles. The Hall–Kier alpha value is -0.0800. The number of hydrogen-bond acceptors (Lipinski definition) is 2. The van der Waals surface area contributed by atoms with Gasteiger partial charge in [0, 0.05) is 6.04 Å². The molecule has 3 unspecified atom stereocenters. The van der Waals surface area contributed by atoms with Crippen LogP contribution >= 0.6 is 0 Å². The predicted octanol–water partition coefficient (Wildman–Crippen LogP) is 0.885. The number of rotatable bonds is 0. The van der Waals surface area contributed by atoms with Gasteiger partial charge in [-0.1, -0.05) is 0 Å². The fraction of sp³-hybridized carbons (Fsp3) is 1.00. The van der Waals surface area contributed by atoms with Crippen LogP contribution in [-0.4, -0.2) is 17.3 Å². The average molecular weight is 167 g/mol. The summed E-state index contributed by atoms with van der Waals surface area (Å²) in [5.74, 6) is 1.38. The van der Waals surface area contributed by atoms with Crippen LogP contribution in [0.4, 0.5) is 0 Å². The molecule has 3 fully saturated rings. The van der Waals surface area contributed by atoms with Crippen LogP contribution in [0.1, 0.15) is 32.1 Å². The molecule has 1 spiro atoms. The molecule has 2 heteroatoms. The van der Waals surface area contributed by atoms with Crippen molar-refractivity contribution in [3.8, 4) is 0 Å². The van der Waals surface area contributed by atoms with Gasteiger partial charge in [0.05, 0.1) is 6.10 Å². The Labute approximate surface area is 73.1 Å². The number of nitrogens with two attached hydrogens (primary N) is 1. The van der Waals surface area contributed by atoms with Gasteiger partial charge in [-0.2, -0.15) is 0 Å². The maximum Gasteiger partial charge on any atom is 0.0574 e. The quantitative estimate of drug-likeness (QED) is 0.562. The predicted molar refractivity (Wildman–Crippen MR) is 46.5 cm³/mol. The molecule has 3 rings (SSSR count). The standard InChI is InChI=1S/C10H17NO/c11-8-2-1-6-9(12)3-4-10(6)5-7(8)10/h6-9,12H,1-5,11H2/t6-,7+,8?,9?,10?/m0/s1. The molecule has 3 aliphatic carbocycles. The molecule has 0 saturated heterocycles. The smallest absolute Gasteiger partial charge is 0.0574 e. The van der Waals surface area contributed by atoms with Gasteiger partial charge in [0.15, 0.2) is 0 Å². The van der Waals surface area contributed by atoms with Gasteiger partial charge in [0.2, 0.25) is 0 Å². The van der Waals surface area contributed by atoms with Crippen molar-refractivity contribution >= 4 is 0 Å². The Kier molecular flexibility index (Phi) is 1.25. The van der Waals surface area contributed by atoms with Crippen LogP contribution in [0.3, 0.4) is 0 Å². The summed E-state index contributed by atoms with van der Waals surface area (Å²) >= 11 is 0. The maximum atomic E-state index is 9.76. The highest BCUT2D eigenvalue weighted by molar-refractivity contribution is 5.17. The fourth-order valence-corrected chi connectivity index (χ4v) is 3.88. The first kappa shape index (κ1) is 7.34. The summed E-state index contributed by atoms with van der Waals surface area (Å²) < 4.78 is 0. The normalized spacial score (nSPS) is 62.5. The first-order valence-electron chi connectivity index (χ1n) is 5.18. The third-order valence-corrected chi connectivity index (χ3v) is 4.61. The number of aliphatic hydroxyl groups is 1. The van der Waals surface area contributed by atoms with Gasteiger partial charge in [-0.15, -0.1) is 0 Å². The van der Waals surface area contributed by atoms with Crippen molar-refractivity contribution in [1.29, 1.82) is 0 Å². The maximum absolute atomic E-state index is 9.76. The van der Waals surface area contributed by atoms with E-state index >= 15 is 0 Å². The van der Waals surface area contributed by atoms with Crippen molar-refractivity contribution < 1.29 is 5.11 Å². The van der Waals surface area contributed by atoms with Gasteiger partial charge in [-0.25, -0.2) is 0 Å². The Morgan fingerprint density at radius 1 is 1.17 bits per heavy atom. The van der Waals surface area contributed by atoms with E-state index in [0.717, 1.165) is 18.8 Å². The van der Waals surface area contributed by atoms with Gasteiger partial charge >= 0.3 is 0 Å². The molecule has 0 aliphatic heterocycles. The first-order chi connectivity index (χ1) is 5.74. The molecule has 12 heavy (non-hydrogen) atoms. The second kappa shape index (κ2) is 2.05. The summed E-state index contributed by atoms with van der Waals surface area (Å²) in [6.45, 7) is 0. The topological polar surface area (TPSA) is 46.2 Å². The summed E-state index contributed by atoms with van der Waals surface area (Å²) in [6.07, 6.45) is 5.93. The molecule has 3 saturated carbocycles. The van der Waals surface area contributed by atoms with E-state index in [1.165, 1.54) is 19.3 Å². The molecule has 0 radical (unpaired) electrons. The Morgan fingerprint density at radius 2 is 2.00 bits per heavy atom. The van der Waals surface area contributed by atoms with E-state index in [0.29, 0.717) is 17.4 Å². The van der Waals surface area contributed by atoms with E-state index in [1.54, 1.807) is 0 Å². The van der Waals surface area contributed by atoms with E-state index in [2.05, 4.69) is 0 Å². The van der Waals surface area contributed by atoms with Crippen molar-refractivity contribution in [2.24, 2.45) is 23.0 Å². The van der Waals surface area contributed by atoms with E-state index in [1.807, 2.05) is 0 Å². The Morgan fingerprint density at radius 3 is 2.83 bits per heavy atom. The van der Waals surface area contributed by atoms with Crippen LogP contribution in [0.25, 0.3) is 0 Å². The molecular weight excluding hydrogens is 150 g/mol. The molecular formula is C10H17NO. The van der Waals surface area contributed by atoms with Gasteiger partial charge in [0.1, 0.15) is 0 Å². The minimum Gasteiger partial charge on any atom is -0.393 e. The minimum absolute atomic E-state index is 0.00231. The average Bonchev–Trinajstić information content (AvgIpc) is 2.70. The van der Waals surface area contributed by atoms with Gasteiger partial charge < -0.3 is 10.8 Å². The molecule has 0 aromatic heterocycles. The Balaban J connectivity index is 1.89. The molecule has 68 valence electrons. The van der Waals surface area contributed by atoms with Crippen LogP contribution in [0, 0.1) is 17.3 Å². The van der Waals surface area contributed by atoms with Crippen LogP contribution < -0.4 is 5.73 Å². The van der Waals surface area contributed by atoms with Gasteiger partial charge in [-0.3, -0.25) is 0 Å². The summed E-state index contributed by atoms with van der Waals surface area (Å²) in [5, 5.41) is 9.76. The minimum atomic E-state index is 0.00231. The van der Waals surface area contributed by atoms with Crippen molar-refractivity contribution in [3.63, 3.8) is 0 Å². The first-order valence-corrected chi connectivity index (χ1v) is 5.18. The zero-order valence-electron chi connectivity index (χ0n) is 7.37. The summed E-state index contributed by atoms with van der Waals surface area (Å²) in [4.78, 5) is 0. The molecule has 0 amide bonds. The van der Waals surface area contributed by atoms with E-state index in [4.69, 9.17) is 5.73 Å². The van der Waals surface area contributed by atoms with Crippen molar-refractivity contribution in [2.45, 2.75) is 44.2 Å². The fourth-order valence-electron chi connectivity index (χ4n) is 3.88. The van der Waals surface area contributed by atoms with Crippen LogP contribution in [0.15, 0.2) is 0 Å². The lowest BCUT2D eigenvalue weighted by Gasteiger charge is -2.30.